The summed E-state index contributed by atoms with van der Waals surface area (Å²) in [6.45, 7) is 3.86. The zero-order valence-corrected chi connectivity index (χ0v) is 15.5. The van der Waals surface area contributed by atoms with E-state index in [-0.39, 0.29) is 5.91 Å². The molecule has 4 nitrogen and oxygen atoms in total. The summed E-state index contributed by atoms with van der Waals surface area (Å²) in [6, 6.07) is 16.5. The van der Waals surface area contributed by atoms with Gasteiger partial charge in [0.05, 0.1) is 21.8 Å². The van der Waals surface area contributed by atoms with Crippen molar-refractivity contribution in [2.45, 2.75) is 19.9 Å². The Kier molecular flexibility index (Phi) is 5.79. The molecule has 1 aromatic heterocycles. The normalized spacial score (nSPS) is 11.2. The summed E-state index contributed by atoms with van der Waals surface area (Å²) >= 11 is 1.69. The van der Waals surface area contributed by atoms with Gasteiger partial charge in [0.25, 0.3) is 0 Å². The number of benzene rings is 2. The second kappa shape index (κ2) is 8.23. The van der Waals surface area contributed by atoms with Gasteiger partial charge in [0.1, 0.15) is 0 Å². The number of para-hydroxylation sites is 1. The SMILES string of the molecule is Cc1ccc(CN(C)CC(=O)NCCc2nc3ccccc3s2)cc1. The van der Waals surface area contributed by atoms with Crippen LogP contribution in [-0.2, 0) is 17.8 Å². The Balaban J connectivity index is 1.42. The van der Waals surface area contributed by atoms with Crippen LogP contribution in [0.4, 0.5) is 0 Å². The molecule has 5 heteroatoms. The van der Waals surface area contributed by atoms with Crippen molar-refractivity contribution in [2.24, 2.45) is 0 Å². The van der Waals surface area contributed by atoms with Crippen LogP contribution < -0.4 is 5.32 Å². The number of rotatable bonds is 7. The van der Waals surface area contributed by atoms with Gasteiger partial charge in [-0.3, -0.25) is 9.69 Å². The minimum absolute atomic E-state index is 0.0516. The van der Waals surface area contributed by atoms with E-state index < -0.39 is 0 Å². The number of carbonyl (C=O) groups excluding carboxylic acids is 1. The smallest absolute Gasteiger partial charge is 0.234 e. The van der Waals surface area contributed by atoms with Gasteiger partial charge in [0.15, 0.2) is 0 Å². The first kappa shape index (κ1) is 17.6. The number of hydrogen-bond acceptors (Lipinski definition) is 4. The molecule has 3 rings (SSSR count). The maximum absolute atomic E-state index is 12.1. The van der Waals surface area contributed by atoms with E-state index in [1.807, 2.05) is 30.1 Å². The zero-order valence-electron chi connectivity index (χ0n) is 14.7. The minimum Gasteiger partial charge on any atom is -0.355 e. The minimum atomic E-state index is 0.0516. The summed E-state index contributed by atoms with van der Waals surface area (Å²) in [6.07, 6.45) is 0.771. The van der Waals surface area contributed by atoms with Crippen LogP contribution in [0, 0.1) is 6.92 Å². The molecule has 130 valence electrons. The average molecular weight is 353 g/mol. The van der Waals surface area contributed by atoms with E-state index in [0.717, 1.165) is 23.5 Å². The summed E-state index contributed by atoms with van der Waals surface area (Å²) in [5.41, 5.74) is 3.50. The molecular weight excluding hydrogens is 330 g/mol. The monoisotopic (exact) mass is 353 g/mol. The standard InChI is InChI=1S/C20H23N3OS/c1-15-7-9-16(10-8-15)13-23(2)14-19(24)21-12-11-20-22-17-5-3-4-6-18(17)25-20/h3-10H,11-14H2,1-2H3,(H,21,24). The van der Waals surface area contributed by atoms with Crippen LogP contribution in [0.2, 0.25) is 0 Å². The molecule has 3 aromatic rings. The first-order chi connectivity index (χ1) is 12.1. The van der Waals surface area contributed by atoms with Crippen LogP contribution in [-0.4, -0.2) is 35.9 Å². The molecule has 0 saturated heterocycles. The first-order valence-electron chi connectivity index (χ1n) is 8.45. The van der Waals surface area contributed by atoms with E-state index in [4.69, 9.17) is 0 Å². The third-order valence-corrected chi connectivity index (χ3v) is 5.08. The van der Waals surface area contributed by atoms with E-state index in [2.05, 4.69) is 47.6 Å². The number of fused-ring (bicyclic) bond motifs is 1. The Bertz CT molecular complexity index is 809. The van der Waals surface area contributed by atoms with Gasteiger partial charge in [-0.1, -0.05) is 42.0 Å². The molecule has 0 radical (unpaired) electrons. The summed E-state index contributed by atoms with van der Waals surface area (Å²) in [5.74, 6) is 0.0516. The molecule has 2 aromatic carbocycles. The summed E-state index contributed by atoms with van der Waals surface area (Å²) < 4.78 is 1.20. The number of aryl methyl sites for hydroxylation is 1. The number of likely N-dealkylation sites (N-methyl/N-ethyl adjacent to an activating group) is 1. The van der Waals surface area contributed by atoms with Gasteiger partial charge >= 0.3 is 0 Å². The van der Waals surface area contributed by atoms with Gasteiger partial charge in [-0.2, -0.15) is 0 Å². The summed E-state index contributed by atoms with van der Waals surface area (Å²) in [5, 5.41) is 4.05. The molecule has 1 amide bonds. The molecule has 0 aliphatic heterocycles. The van der Waals surface area contributed by atoms with Crippen LogP contribution in [0.3, 0.4) is 0 Å². The number of hydrogen-bond donors (Lipinski definition) is 1. The van der Waals surface area contributed by atoms with E-state index in [0.29, 0.717) is 13.1 Å². The van der Waals surface area contributed by atoms with Crippen molar-refractivity contribution >= 4 is 27.5 Å². The lowest BCUT2D eigenvalue weighted by Gasteiger charge is -2.16. The van der Waals surface area contributed by atoms with Crippen LogP contribution in [0.25, 0.3) is 10.2 Å². The predicted molar refractivity (Wildman–Crippen MR) is 104 cm³/mol. The summed E-state index contributed by atoms with van der Waals surface area (Å²) in [7, 11) is 1.97. The quantitative estimate of drug-likeness (QED) is 0.708. The Labute approximate surface area is 152 Å². The number of thiazole rings is 1. The molecule has 25 heavy (non-hydrogen) atoms. The maximum Gasteiger partial charge on any atom is 0.234 e. The van der Waals surface area contributed by atoms with Crippen molar-refractivity contribution in [1.29, 1.82) is 0 Å². The van der Waals surface area contributed by atoms with Gasteiger partial charge in [-0.05, 0) is 31.7 Å². The van der Waals surface area contributed by atoms with Crippen LogP contribution in [0.15, 0.2) is 48.5 Å². The topological polar surface area (TPSA) is 45.2 Å². The van der Waals surface area contributed by atoms with E-state index in [1.54, 1.807) is 11.3 Å². The third kappa shape index (κ3) is 5.11. The Morgan fingerprint density at radius 2 is 1.92 bits per heavy atom. The molecule has 0 atom stereocenters. The highest BCUT2D eigenvalue weighted by atomic mass is 32.1. The molecule has 1 N–H and O–H groups in total. The Morgan fingerprint density at radius 1 is 1.16 bits per heavy atom. The summed E-state index contributed by atoms with van der Waals surface area (Å²) in [4.78, 5) is 18.7. The molecule has 0 fully saturated rings. The lowest BCUT2D eigenvalue weighted by Crippen LogP contribution is -2.35. The lowest BCUT2D eigenvalue weighted by atomic mass is 10.1. The number of aromatic nitrogens is 1. The van der Waals surface area contributed by atoms with Crippen molar-refractivity contribution in [3.05, 3.63) is 64.7 Å². The molecular formula is C20H23N3OS. The van der Waals surface area contributed by atoms with Crippen LogP contribution >= 0.6 is 11.3 Å². The Hall–Kier alpha value is -2.24. The van der Waals surface area contributed by atoms with Crippen LogP contribution in [0.5, 0.6) is 0 Å². The number of amides is 1. The molecule has 0 saturated carbocycles. The van der Waals surface area contributed by atoms with Crippen molar-refractivity contribution in [3.63, 3.8) is 0 Å². The highest BCUT2D eigenvalue weighted by Gasteiger charge is 2.08. The second-order valence-corrected chi connectivity index (χ2v) is 7.45. The lowest BCUT2D eigenvalue weighted by molar-refractivity contribution is -0.122. The fourth-order valence-electron chi connectivity index (χ4n) is 2.70. The predicted octanol–water partition coefficient (Wildman–Crippen LogP) is 3.40. The number of nitrogens with one attached hydrogen (secondary N) is 1. The second-order valence-electron chi connectivity index (χ2n) is 6.33. The molecule has 0 aliphatic carbocycles. The van der Waals surface area contributed by atoms with Gasteiger partial charge in [0, 0.05) is 19.5 Å². The average Bonchev–Trinajstić information content (AvgIpc) is 2.99. The molecule has 1 heterocycles. The van der Waals surface area contributed by atoms with Crippen molar-refractivity contribution in [3.8, 4) is 0 Å². The first-order valence-corrected chi connectivity index (χ1v) is 9.27. The van der Waals surface area contributed by atoms with Crippen molar-refractivity contribution < 1.29 is 4.79 Å². The van der Waals surface area contributed by atoms with Gasteiger partial charge in [0.2, 0.25) is 5.91 Å². The molecule has 0 unspecified atom stereocenters. The van der Waals surface area contributed by atoms with Crippen molar-refractivity contribution in [1.82, 2.24) is 15.2 Å². The van der Waals surface area contributed by atoms with Gasteiger partial charge in [-0.15, -0.1) is 11.3 Å². The zero-order chi connectivity index (χ0) is 17.6. The van der Waals surface area contributed by atoms with Gasteiger partial charge < -0.3 is 5.32 Å². The van der Waals surface area contributed by atoms with E-state index >= 15 is 0 Å². The number of nitrogens with zero attached hydrogens (tertiary/aromatic N) is 2. The van der Waals surface area contributed by atoms with Crippen LogP contribution in [0.1, 0.15) is 16.1 Å². The molecule has 0 aliphatic rings. The fourth-order valence-corrected chi connectivity index (χ4v) is 3.66. The highest BCUT2D eigenvalue weighted by molar-refractivity contribution is 7.18. The van der Waals surface area contributed by atoms with Crippen molar-refractivity contribution in [2.75, 3.05) is 20.1 Å². The largest absolute Gasteiger partial charge is 0.355 e. The number of carbonyl (C=O) groups is 1. The molecule has 0 bridgehead atoms. The fraction of sp³-hybridized carbons (Fsp3) is 0.300. The molecule has 0 spiro atoms. The Morgan fingerprint density at radius 3 is 2.68 bits per heavy atom. The third-order valence-electron chi connectivity index (χ3n) is 3.99. The van der Waals surface area contributed by atoms with Gasteiger partial charge in [-0.25, -0.2) is 4.98 Å². The van der Waals surface area contributed by atoms with E-state index in [1.165, 1.54) is 15.8 Å². The van der Waals surface area contributed by atoms with E-state index in [9.17, 15) is 4.79 Å². The highest BCUT2D eigenvalue weighted by Crippen LogP contribution is 2.21. The maximum atomic E-state index is 12.1.